The van der Waals surface area contributed by atoms with Gasteiger partial charge in [0.05, 0.1) is 18.7 Å². The van der Waals surface area contributed by atoms with E-state index in [0.29, 0.717) is 12.4 Å². The molecule has 8 nitrogen and oxygen atoms in total. The van der Waals surface area contributed by atoms with Crippen LogP contribution in [0, 0.1) is 0 Å². The Hall–Kier alpha value is -4.04. The molecule has 2 N–H and O–H groups in total. The topological polar surface area (TPSA) is 106 Å². The number of amides is 1. The molecule has 0 atom stereocenters. The molecular weight excluding hydrogens is 432 g/mol. The third-order valence-corrected chi connectivity index (χ3v) is 6.07. The second-order valence-electron chi connectivity index (χ2n) is 8.66. The fourth-order valence-corrected chi connectivity index (χ4v) is 4.36. The van der Waals surface area contributed by atoms with E-state index in [1.807, 2.05) is 54.6 Å². The number of hydrogen-bond acceptors (Lipinski definition) is 6. The van der Waals surface area contributed by atoms with Crippen molar-refractivity contribution in [2.45, 2.75) is 32.5 Å². The maximum Gasteiger partial charge on any atom is 0.296 e. The largest absolute Gasteiger partial charge is 0.501 e. The van der Waals surface area contributed by atoms with Crippen LogP contribution in [0.4, 0.5) is 0 Å². The minimum absolute atomic E-state index is 0.186. The van der Waals surface area contributed by atoms with Crippen LogP contribution in [0.1, 0.15) is 35.7 Å². The highest BCUT2D eigenvalue weighted by Crippen LogP contribution is 2.31. The highest BCUT2D eigenvalue weighted by Gasteiger charge is 2.34. The number of aromatic nitrogens is 3. The van der Waals surface area contributed by atoms with E-state index in [4.69, 9.17) is 4.74 Å². The van der Waals surface area contributed by atoms with Crippen LogP contribution in [-0.4, -0.2) is 32.2 Å². The number of benzene rings is 2. The molecule has 0 radical (unpaired) electrons. The van der Waals surface area contributed by atoms with Crippen LogP contribution in [0.25, 0.3) is 22.0 Å². The van der Waals surface area contributed by atoms with Crippen molar-refractivity contribution in [1.82, 2.24) is 19.9 Å². The highest BCUT2D eigenvalue weighted by atomic mass is 16.5. The van der Waals surface area contributed by atoms with Gasteiger partial charge in [0.2, 0.25) is 5.75 Å². The van der Waals surface area contributed by atoms with Crippen molar-refractivity contribution >= 4 is 16.8 Å². The predicted molar refractivity (Wildman–Crippen MR) is 127 cm³/mol. The molecule has 1 aliphatic heterocycles. The average molecular weight is 457 g/mol. The van der Waals surface area contributed by atoms with E-state index in [-0.39, 0.29) is 18.8 Å². The van der Waals surface area contributed by atoms with Crippen molar-refractivity contribution in [2.75, 3.05) is 6.61 Å². The molecule has 5 rings (SSSR count). The van der Waals surface area contributed by atoms with E-state index in [0.717, 1.165) is 27.6 Å². The summed E-state index contributed by atoms with van der Waals surface area (Å²) in [5.41, 5.74) is 1.92. The molecule has 1 amide bonds. The smallest absolute Gasteiger partial charge is 0.296 e. The van der Waals surface area contributed by atoms with Gasteiger partial charge in [0, 0.05) is 18.1 Å². The molecule has 2 aromatic carbocycles. The van der Waals surface area contributed by atoms with Crippen molar-refractivity contribution in [3.8, 4) is 16.9 Å². The quantitative estimate of drug-likeness (QED) is 0.488. The Morgan fingerprint density at radius 1 is 1.12 bits per heavy atom. The Labute approximate surface area is 195 Å². The Balaban J connectivity index is 1.47. The van der Waals surface area contributed by atoms with Gasteiger partial charge in [-0.05, 0) is 42.7 Å². The molecular formula is C26H24N4O4. The van der Waals surface area contributed by atoms with Crippen molar-refractivity contribution in [3.63, 3.8) is 0 Å². The molecule has 3 heterocycles. The third kappa shape index (κ3) is 3.72. The summed E-state index contributed by atoms with van der Waals surface area (Å²) in [6.45, 7) is 4.34. The van der Waals surface area contributed by atoms with Gasteiger partial charge < -0.3 is 15.2 Å². The van der Waals surface area contributed by atoms with Gasteiger partial charge in [-0.25, -0.2) is 4.98 Å². The van der Waals surface area contributed by atoms with Gasteiger partial charge in [0.25, 0.3) is 11.5 Å². The molecule has 0 saturated heterocycles. The normalized spacial score (nSPS) is 14.5. The van der Waals surface area contributed by atoms with Crippen LogP contribution in [0.15, 0.2) is 65.6 Å². The Morgan fingerprint density at radius 3 is 2.76 bits per heavy atom. The number of pyridine rings is 1. The minimum Gasteiger partial charge on any atom is -0.501 e. The zero-order chi connectivity index (χ0) is 23.9. The number of carbonyl (C=O) groups excluding carboxylic acids is 1. The van der Waals surface area contributed by atoms with E-state index in [1.165, 1.54) is 4.57 Å². The predicted octanol–water partition coefficient (Wildman–Crippen LogP) is 3.36. The number of nitrogens with one attached hydrogen (secondary N) is 1. The summed E-state index contributed by atoms with van der Waals surface area (Å²) in [6, 6.07) is 17.6. The first-order valence-electron chi connectivity index (χ1n) is 11.1. The molecule has 0 saturated carbocycles. The first-order chi connectivity index (χ1) is 16.4. The summed E-state index contributed by atoms with van der Waals surface area (Å²) in [5, 5.41) is 14.3. The van der Waals surface area contributed by atoms with Crippen LogP contribution in [0.5, 0.6) is 5.75 Å². The molecule has 2 aromatic heterocycles. The monoisotopic (exact) mass is 456 g/mol. The summed E-state index contributed by atoms with van der Waals surface area (Å²) >= 11 is 0. The zero-order valence-corrected chi connectivity index (χ0v) is 18.9. The summed E-state index contributed by atoms with van der Waals surface area (Å²) < 4.78 is 7.07. The fraction of sp³-hybridized carbons (Fsp3) is 0.231. The van der Waals surface area contributed by atoms with Crippen LogP contribution in [-0.2, 0) is 23.4 Å². The van der Waals surface area contributed by atoms with Crippen LogP contribution in [0.2, 0.25) is 0 Å². The van der Waals surface area contributed by atoms with Gasteiger partial charge >= 0.3 is 0 Å². The molecule has 0 aliphatic carbocycles. The molecule has 1 aliphatic rings. The van der Waals surface area contributed by atoms with Gasteiger partial charge in [0.1, 0.15) is 11.4 Å². The molecule has 0 fully saturated rings. The first kappa shape index (κ1) is 21.8. The minimum atomic E-state index is -0.852. The summed E-state index contributed by atoms with van der Waals surface area (Å²) in [5.74, 6) is -0.975. The lowest BCUT2D eigenvalue weighted by Gasteiger charge is -2.32. The number of aromatic hydroxyl groups is 1. The highest BCUT2D eigenvalue weighted by molar-refractivity contribution is 5.96. The number of hydrogen-bond donors (Lipinski definition) is 2. The third-order valence-electron chi connectivity index (χ3n) is 6.07. The summed E-state index contributed by atoms with van der Waals surface area (Å²) in [4.78, 5) is 34.5. The van der Waals surface area contributed by atoms with E-state index < -0.39 is 22.8 Å². The SMILES string of the molecule is CC1(C)OCCn2c1nc(C(=O)NCc1ccccc1-c1cccc3ncccc13)c(O)c2=O. The van der Waals surface area contributed by atoms with E-state index >= 15 is 0 Å². The van der Waals surface area contributed by atoms with Crippen LogP contribution < -0.4 is 10.9 Å². The zero-order valence-electron chi connectivity index (χ0n) is 18.9. The molecule has 0 spiro atoms. The van der Waals surface area contributed by atoms with Crippen LogP contribution in [0.3, 0.4) is 0 Å². The number of fused-ring (bicyclic) bond motifs is 2. The van der Waals surface area contributed by atoms with Crippen molar-refractivity contribution in [3.05, 3.63) is 88.2 Å². The van der Waals surface area contributed by atoms with E-state index in [2.05, 4.69) is 15.3 Å². The Morgan fingerprint density at radius 2 is 1.91 bits per heavy atom. The van der Waals surface area contributed by atoms with Crippen molar-refractivity contribution < 1.29 is 14.6 Å². The number of ether oxygens (including phenoxy) is 1. The van der Waals surface area contributed by atoms with E-state index in [1.54, 1.807) is 20.0 Å². The average Bonchev–Trinajstić information content (AvgIpc) is 2.84. The second kappa shape index (κ2) is 8.39. The lowest BCUT2D eigenvalue weighted by Crippen LogP contribution is -2.42. The Bertz CT molecular complexity index is 1470. The molecule has 0 unspecified atom stereocenters. The standard InChI is InChI=1S/C26H24N4O4/c1-26(2)25-29-21(22(31)24(33)30(25)13-14-34-26)23(32)28-15-16-7-3-4-8-17(16)18-9-5-11-20-19(18)10-6-12-27-20/h3-12,31H,13-15H2,1-2H3,(H,28,32). The van der Waals surface area contributed by atoms with Gasteiger partial charge in [-0.1, -0.05) is 42.5 Å². The molecule has 34 heavy (non-hydrogen) atoms. The fourth-order valence-electron chi connectivity index (χ4n) is 4.36. The molecule has 172 valence electrons. The number of carbonyl (C=O) groups is 1. The molecule has 8 heteroatoms. The van der Waals surface area contributed by atoms with Crippen LogP contribution >= 0.6 is 0 Å². The van der Waals surface area contributed by atoms with E-state index in [9.17, 15) is 14.7 Å². The lowest BCUT2D eigenvalue weighted by atomic mass is 9.96. The second-order valence-corrected chi connectivity index (χ2v) is 8.66. The Kier molecular flexibility index (Phi) is 5.37. The van der Waals surface area contributed by atoms with Crippen molar-refractivity contribution in [2.24, 2.45) is 0 Å². The lowest BCUT2D eigenvalue weighted by molar-refractivity contribution is -0.0566. The van der Waals surface area contributed by atoms with Gasteiger partial charge in [-0.2, -0.15) is 0 Å². The first-order valence-corrected chi connectivity index (χ1v) is 11.1. The number of nitrogens with zero attached hydrogens (tertiary/aromatic N) is 3. The van der Waals surface area contributed by atoms with Gasteiger partial charge in [-0.3, -0.25) is 19.1 Å². The number of rotatable bonds is 4. The maximum atomic E-state index is 13.0. The molecule has 4 aromatic rings. The van der Waals surface area contributed by atoms with Gasteiger partial charge in [0.15, 0.2) is 5.69 Å². The summed E-state index contributed by atoms with van der Waals surface area (Å²) in [7, 11) is 0. The molecule has 0 bridgehead atoms. The van der Waals surface area contributed by atoms with Crippen molar-refractivity contribution in [1.29, 1.82) is 0 Å². The summed E-state index contributed by atoms with van der Waals surface area (Å²) in [6.07, 6.45) is 1.76. The maximum absolute atomic E-state index is 13.0. The van der Waals surface area contributed by atoms with Gasteiger partial charge in [-0.15, -0.1) is 0 Å².